The van der Waals surface area contributed by atoms with Crippen LogP contribution in [0, 0.1) is 5.41 Å². The van der Waals surface area contributed by atoms with E-state index in [9.17, 15) is 0 Å². The normalized spacial score (nSPS) is 17.1. The van der Waals surface area contributed by atoms with Gasteiger partial charge in [-0.15, -0.1) is 24.0 Å². The zero-order valence-corrected chi connectivity index (χ0v) is 16.3. The zero-order valence-electron chi connectivity index (χ0n) is 13.9. The van der Waals surface area contributed by atoms with Crippen molar-refractivity contribution in [3.63, 3.8) is 0 Å². The fourth-order valence-corrected chi connectivity index (χ4v) is 2.53. The SMILES string of the molecule is CCNC(=NCc1cccc(OC)n1)N1CCC(C)(C)C1.I. The highest BCUT2D eigenvalue weighted by atomic mass is 127. The molecule has 0 spiro atoms. The van der Waals surface area contributed by atoms with Gasteiger partial charge in [0.05, 0.1) is 19.3 Å². The van der Waals surface area contributed by atoms with Crippen molar-refractivity contribution in [1.82, 2.24) is 15.2 Å². The molecule has 2 heterocycles. The molecular formula is C16H27IN4O. The number of aliphatic imine (C=N–C) groups is 1. The van der Waals surface area contributed by atoms with E-state index in [2.05, 4.69) is 36.0 Å². The Kier molecular flexibility index (Phi) is 7.38. The largest absolute Gasteiger partial charge is 0.481 e. The first kappa shape index (κ1) is 19.0. The maximum Gasteiger partial charge on any atom is 0.213 e. The first-order valence-electron chi connectivity index (χ1n) is 7.57. The minimum absolute atomic E-state index is 0. The maximum absolute atomic E-state index is 5.15. The number of ether oxygens (including phenoxy) is 1. The standard InChI is InChI=1S/C16H26N4O.HI/c1-5-17-15(20-10-9-16(2,3)12-20)18-11-13-7-6-8-14(19-13)21-4;/h6-8H,5,9-12H2,1-4H3,(H,17,18);1H. The highest BCUT2D eigenvalue weighted by Gasteiger charge is 2.30. The van der Waals surface area contributed by atoms with E-state index in [0.29, 0.717) is 17.8 Å². The molecule has 1 saturated heterocycles. The van der Waals surface area contributed by atoms with Gasteiger partial charge in [0.25, 0.3) is 0 Å². The van der Waals surface area contributed by atoms with E-state index >= 15 is 0 Å². The Morgan fingerprint density at radius 1 is 1.45 bits per heavy atom. The second-order valence-corrected chi connectivity index (χ2v) is 6.18. The molecule has 6 heteroatoms. The molecule has 0 aliphatic carbocycles. The molecule has 0 bridgehead atoms. The number of pyridine rings is 1. The Labute approximate surface area is 150 Å². The molecule has 0 saturated carbocycles. The van der Waals surface area contributed by atoms with Crippen LogP contribution in [-0.4, -0.2) is 42.6 Å². The van der Waals surface area contributed by atoms with Gasteiger partial charge in [-0.1, -0.05) is 19.9 Å². The number of nitrogens with zero attached hydrogens (tertiary/aromatic N) is 3. The van der Waals surface area contributed by atoms with Crippen LogP contribution in [0.5, 0.6) is 5.88 Å². The lowest BCUT2D eigenvalue weighted by Crippen LogP contribution is -2.40. The molecule has 0 amide bonds. The first-order chi connectivity index (χ1) is 10.0. The molecule has 2 rings (SSSR count). The lowest BCUT2D eigenvalue weighted by molar-refractivity contribution is 0.370. The molecule has 124 valence electrons. The number of aromatic nitrogens is 1. The summed E-state index contributed by atoms with van der Waals surface area (Å²) in [6, 6.07) is 5.77. The number of methoxy groups -OCH3 is 1. The molecule has 0 aromatic carbocycles. The Morgan fingerprint density at radius 2 is 2.23 bits per heavy atom. The van der Waals surface area contributed by atoms with Crippen molar-refractivity contribution in [2.45, 2.75) is 33.7 Å². The minimum Gasteiger partial charge on any atom is -0.481 e. The smallest absolute Gasteiger partial charge is 0.213 e. The molecule has 1 N–H and O–H groups in total. The Morgan fingerprint density at radius 3 is 2.82 bits per heavy atom. The lowest BCUT2D eigenvalue weighted by Gasteiger charge is -2.23. The number of halogens is 1. The quantitative estimate of drug-likeness (QED) is 0.464. The fourth-order valence-electron chi connectivity index (χ4n) is 2.53. The van der Waals surface area contributed by atoms with E-state index in [4.69, 9.17) is 9.73 Å². The van der Waals surface area contributed by atoms with Gasteiger partial charge in [0.1, 0.15) is 0 Å². The molecule has 0 atom stereocenters. The Hall–Kier alpha value is -1.05. The monoisotopic (exact) mass is 418 g/mol. The van der Waals surface area contributed by atoms with Crippen molar-refractivity contribution in [2.75, 3.05) is 26.7 Å². The minimum atomic E-state index is 0. The van der Waals surface area contributed by atoms with Crippen LogP contribution < -0.4 is 10.1 Å². The predicted octanol–water partition coefficient (Wildman–Crippen LogP) is 2.91. The molecule has 5 nitrogen and oxygen atoms in total. The predicted molar refractivity (Wildman–Crippen MR) is 101 cm³/mol. The van der Waals surface area contributed by atoms with Crippen LogP contribution in [0.2, 0.25) is 0 Å². The third kappa shape index (κ3) is 5.30. The summed E-state index contributed by atoms with van der Waals surface area (Å²) in [5, 5.41) is 3.38. The van der Waals surface area contributed by atoms with Crippen molar-refractivity contribution in [2.24, 2.45) is 10.4 Å². The van der Waals surface area contributed by atoms with Gasteiger partial charge in [0.2, 0.25) is 5.88 Å². The summed E-state index contributed by atoms with van der Waals surface area (Å²) in [5.74, 6) is 1.61. The van der Waals surface area contributed by atoms with Crippen molar-refractivity contribution in [3.8, 4) is 5.88 Å². The number of hydrogen-bond acceptors (Lipinski definition) is 3. The van der Waals surface area contributed by atoms with E-state index in [1.54, 1.807) is 7.11 Å². The summed E-state index contributed by atoms with van der Waals surface area (Å²) in [7, 11) is 1.63. The number of hydrogen-bond donors (Lipinski definition) is 1. The van der Waals surface area contributed by atoms with Crippen molar-refractivity contribution in [3.05, 3.63) is 23.9 Å². The summed E-state index contributed by atoms with van der Waals surface area (Å²) >= 11 is 0. The molecule has 1 aromatic heterocycles. The van der Waals surface area contributed by atoms with Crippen molar-refractivity contribution >= 4 is 29.9 Å². The molecule has 0 unspecified atom stereocenters. The van der Waals surface area contributed by atoms with Crippen LogP contribution in [0.3, 0.4) is 0 Å². The van der Waals surface area contributed by atoms with Crippen LogP contribution in [0.25, 0.3) is 0 Å². The van der Waals surface area contributed by atoms with Crippen LogP contribution in [0.1, 0.15) is 32.9 Å². The van der Waals surface area contributed by atoms with Crippen molar-refractivity contribution in [1.29, 1.82) is 0 Å². The van der Waals surface area contributed by atoms with Gasteiger partial charge in [-0.2, -0.15) is 0 Å². The van der Waals surface area contributed by atoms with Crippen LogP contribution in [-0.2, 0) is 6.54 Å². The molecular weight excluding hydrogens is 391 g/mol. The van der Waals surface area contributed by atoms with Crippen LogP contribution >= 0.6 is 24.0 Å². The summed E-state index contributed by atoms with van der Waals surface area (Å²) in [4.78, 5) is 11.5. The van der Waals surface area contributed by atoms with Gasteiger partial charge in [0.15, 0.2) is 5.96 Å². The summed E-state index contributed by atoms with van der Waals surface area (Å²) < 4.78 is 5.15. The number of nitrogens with one attached hydrogen (secondary N) is 1. The first-order valence-corrected chi connectivity index (χ1v) is 7.57. The lowest BCUT2D eigenvalue weighted by atomic mass is 9.93. The van der Waals surface area contributed by atoms with E-state index < -0.39 is 0 Å². The summed E-state index contributed by atoms with van der Waals surface area (Å²) in [6.07, 6.45) is 1.20. The van der Waals surface area contributed by atoms with E-state index in [1.165, 1.54) is 6.42 Å². The van der Waals surface area contributed by atoms with E-state index in [1.807, 2.05) is 18.2 Å². The van der Waals surface area contributed by atoms with Crippen LogP contribution in [0.4, 0.5) is 0 Å². The van der Waals surface area contributed by atoms with Gasteiger partial charge in [-0.3, -0.25) is 0 Å². The summed E-state index contributed by atoms with van der Waals surface area (Å²) in [5.41, 5.74) is 1.29. The topological polar surface area (TPSA) is 49.8 Å². The van der Waals surface area contributed by atoms with Gasteiger partial charge in [-0.05, 0) is 24.8 Å². The highest BCUT2D eigenvalue weighted by molar-refractivity contribution is 14.0. The van der Waals surface area contributed by atoms with Gasteiger partial charge < -0.3 is 15.0 Å². The Bertz CT molecular complexity index is 505. The molecule has 1 fully saturated rings. The van der Waals surface area contributed by atoms with Gasteiger partial charge in [-0.25, -0.2) is 9.98 Å². The molecule has 1 aromatic rings. The molecule has 22 heavy (non-hydrogen) atoms. The van der Waals surface area contributed by atoms with E-state index in [-0.39, 0.29) is 24.0 Å². The van der Waals surface area contributed by atoms with Gasteiger partial charge in [0, 0.05) is 25.7 Å². The fraction of sp³-hybridized carbons (Fsp3) is 0.625. The highest BCUT2D eigenvalue weighted by Crippen LogP contribution is 2.28. The molecule has 1 aliphatic heterocycles. The van der Waals surface area contributed by atoms with Crippen molar-refractivity contribution < 1.29 is 4.74 Å². The number of guanidine groups is 1. The van der Waals surface area contributed by atoms with Crippen LogP contribution in [0.15, 0.2) is 23.2 Å². The third-order valence-electron chi connectivity index (χ3n) is 3.69. The molecule has 1 aliphatic rings. The average molecular weight is 418 g/mol. The average Bonchev–Trinajstić information content (AvgIpc) is 2.83. The number of likely N-dealkylation sites (tertiary alicyclic amines) is 1. The zero-order chi connectivity index (χ0) is 15.3. The molecule has 0 radical (unpaired) electrons. The maximum atomic E-state index is 5.15. The summed E-state index contributed by atoms with van der Waals surface area (Å²) in [6.45, 7) is 10.3. The Balaban J connectivity index is 0.00000242. The second-order valence-electron chi connectivity index (χ2n) is 6.18. The van der Waals surface area contributed by atoms with Gasteiger partial charge >= 0.3 is 0 Å². The second kappa shape index (κ2) is 8.55. The van der Waals surface area contributed by atoms with E-state index in [0.717, 1.165) is 31.3 Å². The third-order valence-corrected chi connectivity index (χ3v) is 3.69. The number of rotatable bonds is 4.